The molecule has 3 N–H and O–H groups in total. The third-order valence-electron chi connectivity index (χ3n) is 4.03. The average molecular weight is 244 g/mol. The van der Waals surface area contributed by atoms with E-state index in [1.165, 1.54) is 23.9 Å². The predicted molar refractivity (Wildman–Crippen MR) is 74.8 cm³/mol. The third-order valence-corrected chi connectivity index (χ3v) is 4.03. The Labute approximate surface area is 107 Å². The number of aryl methyl sites for hydroxylation is 1. The molecule has 1 aromatic heterocycles. The Balaban J connectivity index is 1.93. The first-order valence-electron chi connectivity index (χ1n) is 6.68. The maximum absolute atomic E-state index is 5.75. The van der Waals surface area contributed by atoms with Gasteiger partial charge in [0.1, 0.15) is 0 Å². The van der Waals surface area contributed by atoms with E-state index in [0.29, 0.717) is 5.92 Å². The summed E-state index contributed by atoms with van der Waals surface area (Å²) < 4.78 is 0. The highest BCUT2D eigenvalue weighted by molar-refractivity contribution is 5.94. The van der Waals surface area contributed by atoms with Crippen LogP contribution in [0.1, 0.15) is 18.5 Å². The van der Waals surface area contributed by atoms with Gasteiger partial charge in [-0.15, -0.1) is 0 Å². The number of hydrogen-bond acceptors (Lipinski definition) is 3. The molecule has 0 aliphatic carbocycles. The second-order valence-electron chi connectivity index (χ2n) is 5.19. The Morgan fingerprint density at radius 1 is 1.39 bits per heavy atom. The van der Waals surface area contributed by atoms with Crippen LogP contribution in [0.5, 0.6) is 0 Å². The number of nitrogens with zero attached hydrogens (tertiary/aromatic N) is 2. The van der Waals surface area contributed by atoms with Crippen molar-refractivity contribution in [2.45, 2.75) is 19.8 Å². The van der Waals surface area contributed by atoms with Gasteiger partial charge in [0.15, 0.2) is 0 Å². The smallest absolute Gasteiger partial charge is 0.0944 e. The van der Waals surface area contributed by atoms with Crippen molar-refractivity contribution in [2.75, 3.05) is 24.5 Å². The number of nitrogens with one attached hydrogen (secondary N) is 1. The largest absolute Gasteiger partial charge is 0.371 e. The summed E-state index contributed by atoms with van der Waals surface area (Å²) in [5, 5.41) is 8.68. The lowest BCUT2D eigenvalue weighted by Gasteiger charge is -2.33. The zero-order chi connectivity index (χ0) is 12.5. The first kappa shape index (κ1) is 11.5. The SMILES string of the molecule is Cc1[nH]nc2cccc(N3CCC(CN)CC3)c12. The van der Waals surface area contributed by atoms with Gasteiger partial charge >= 0.3 is 0 Å². The fraction of sp³-hybridized carbons (Fsp3) is 0.500. The molecule has 1 aromatic carbocycles. The summed E-state index contributed by atoms with van der Waals surface area (Å²) in [7, 11) is 0. The molecular formula is C14H20N4. The number of nitrogens with two attached hydrogens (primary N) is 1. The van der Waals surface area contributed by atoms with Crippen molar-refractivity contribution in [1.82, 2.24) is 10.2 Å². The molecule has 2 aromatic rings. The van der Waals surface area contributed by atoms with Gasteiger partial charge in [0, 0.05) is 29.9 Å². The lowest BCUT2D eigenvalue weighted by Crippen LogP contribution is -2.36. The van der Waals surface area contributed by atoms with Crippen LogP contribution in [-0.2, 0) is 0 Å². The number of piperidine rings is 1. The van der Waals surface area contributed by atoms with Crippen molar-refractivity contribution in [1.29, 1.82) is 0 Å². The Morgan fingerprint density at radius 3 is 2.89 bits per heavy atom. The molecule has 0 bridgehead atoms. The second-order valence-corrected chi connectivity index (χ2v) is 5.19. The van der Waals surface area contributed by atoms with Crippen molar-refractivity contribution < 1.29 is 0 Å². The minimum Gasteiger partial charge on any atom is -0.371 e. The van der Waals surface area contributed by atoms with Gasteiger partial charge in [-0.05, 0) is 44.4 Å². The van der Waals surface area contributed by atoms with Crippen LogP contribution in [0.15, 0.2) is 18.2 Å². The number of hydrogen-bond donors (Lipinski definition) is 2. The standard InChI is InChI=1S/C14H20N4/c1-10-14-12(17-16-10)3-2-4-13(14)18-7-5-11(9-15)6-8-18/h2-4,11H,5-9,15H2,1H3,(H,16,17). The summed E-state index contributed by atoms with van der Waals surface area (Å²) >= 11 is 0. The van der Waals surface area contributed by atoms with Gasteiger partial charge in [0.2, 0.25) is 0 Å². The minimum absolute atomic E-state index is 0.700. The highest BCUT2D eigenvalue weighted by Gasteiger charge is 2.20. The van der Waals surface area contributed by atoms with E-state index in [0.717, 1.165) is 30.8 Å². The van der Waals surface area contributed by atoms with E-state index in [-0.39, 0.29) is 0 Å². The first-order chi connectivity index (χ1) is 8.79. The molecular weight excluding hydrogens is 224 g/mol. The zero-order valence-corrected chi connectivity index (χ0v) is 10.8. The predicted octanol–water partition coefficient (Wildman–Crippen LogP) is 2.05. The number of rotatable bonds is 2. The third kappa shape index (κ3) is 1.86. The summed E-state index contributed by atoms with van der Waals surface area (Å²) in [5.74, 6) is 0.700. The Morgan fingerprint density at radius 2 is 2.17 bits per heavy atom. The summed E-state index contributed by atoms with van der Waals surface area (Å²) in [6, 6.07) is 6.36. The lowest BCUT2D eigenvalue weighted by molar-refractivity contribution is 0.415. The van der Waals surface area contributed by atoms with Crippen molar-refractivity contribution in [2.24, 2.45) is 11.7 Å². The van der Waals surface area contributed by atoms with Crippen molar-refractivity contribution in [3.63, 3.8) is 0 Å². The molecule has 4 nitrogen and oxygen atoms in total. The number of benzene rings is 1. The molecule has 3 rings (SSSR count). The van der Waals surface area contributed by atoms with Gasteiger partial charge in [0.05, 0.1) is 5.52 Å². The van der Waals surface area contributed by atoms with Gasteiger partial charge < -0.3 is 10.6 Å². The van der Waals surface area contributed by atoms with Crippen LogP contribution in [0.4, 0.5) is 5.69 Å². The van der Waals surface area contributed by atoms with E-state index in [9.17, 15) is 0 Å². The van der Waals surface area contributed by atoms with Crippen LogP contribution >= 0.6 is 0 Å². The minimum atomic E-state index is 0.700. The van der Waals surface area contributed by atoms with Crippen molar-refractivity contribution in [3.8, 4) is 0 Å². The molecule has 4 heteroatoms. The number of aromatic amines is 1. The van der Waals surface area contributed by atoms with Crippen molar-refractivity contribution in [3.05, 3.63) is 23.9 Å². The van der Waals surface area contributed by atoms with Crippen LogP contribution in [0, 0.1) is 12.8 Å². The highest BCUT2D eigenvalue weighted by atomic mass is 15.2. The van der Waals surface area contributed by atoms with E-state index in [2.05, 4.69) is 40.2 Å². The van der Waals surface area contributed by atoms with Gasteiger partial charge in [-0.1, -0.05) is 6.07 Å². The van der Waals surface area contributed by atoms with Crippen LogP contribution < -0.4 is 10.6 Å². The fourth-order valence-corrected chi connectivity index (χ4v) is 2.88. The van der Waals surface area contributed by atoms with E-state index in [4.69, 9.17) is 5.73 Å². The average Bonchev–Trinajstić information content (AvgIpc) is 2.81. The van der Waals surface area contributed by atoms with E-state index < -0.39 is 0 Å². The first-order valence-corrected chi connectivity index (χ1v) is 6.68. The van der Waals surface area contributed by atoms with E-state index in [1.807, 2.05) is 0 Å². The van der Waals surface area contributed by atoms with E-state index >= 15 is 0 Å². The molecule has 0 atom stereocenters. The molecule has 2 heterocycles. The van der Waals surface area contributed by atoms with Crippen LogP contribution in [0.2, 0.25) is 0 Å². The van der Waals surface area contributed by atoms with Crippen LogP contribution in [0.3, 0.4) is 0 Å². The normalized spacial score (nSPS) is 17.6. The second kappa shape index (κ2) is 4.61. The molecule has 0 spiro atoms. The van der Waals surface area contributed by atoms with Gasteiger partial charge in [-0.2, -0.15) is 5.10 Å². The maximum Gasteiger partial charge on any atom is 0.0944 e. The Hall–Kier alpha value is -1.55. The molecule has 0 unspecified atom stereocenters. The molecule has 0 amide bonds. The van der Waals surface area contributed by atoms with Crippen molar-refractivity contribution >= 4 is 16.6 Å². The summed E-state index contributed by atoms with van der Waals surface area (Å²) in [5.41, 5.74) is 9.28. The molecule has 1 aliphatic rings. The summed E-state index contributed by atoms with van der Waals surface area (Å²) in [6.07, 6.45) is 2.40. The monoisotopic (exact) mass is 244 g/mol. The molecule has 0 saturated carbocycles. The number of fused-ring (bicyclic) bond motifs is 1. The quantitative estimate of drug-likeness (QED) is 0.850. The molecule has 18 heavy (non-hydrogen) atoms. The maximum atomic E-state index is 5.75. The summed E-state index contributed by atoms with van der Waals surface area (Å²) in [4.78, 5) is 2.47. The Kier molecular flexibility index (Phi) is 2.96. The molecule has 96 valence electrons. The summed E-state index contributed by atoms with van der Waals surface area (Å²) in [6.45, 7) is 5.12. The van der Waals surface area contributed by atoms with E-state index in [1.54, 1.807) is 0 Å². The van der Waals surface area contributed by atoms with Crippen LogP contribution in [0.25, 0.3) is 10.9 Å². The molecule has 1 aliphatic heterocycles. The highest BCUT2D eigenvalue weighted by Crippen LogP contribution is 2.30. The zero-order valence-electron chi connectivity index (χ0n) is 10.8. The molecule has 1 fully saturated rings. The molecule has 0 radical (unpaired) electrons. The topological polar surface area (TPSA) is 57.9 Å². The number of anilines is 1. The fourth-order valence-electron chi connectivity index (χ4n) is 2.88. The Bertz CT molecular complexity index is 538. The lowest BCUT2D eigenvalue weighted by atomic mass is 9.96. The molecule has 1 saturated heterocycles. The van der Waals surface area contributed by atoms with Gasteiger partial charge in [-0.25, -0.2) is 0 Å². The number of aromatic nitrogens is 2. The van der Waals surface area contributed by atoms with Gasteiger partial charge in [-0.3, -0.25) is 5.10 Å². The van der Waals surface area contributed by atoms with Crippen LogP contribution in [-0.4, -0.2) is 29.8 Å². The van der Waals surface area contributed by atoms with Gasteiger partial charge in [0.25, 0.3) is 0 Å². The number of H-pyrrole nitrogens is 1.